The quantitative estimate of drug-likeness (QED) is 0.216. The molecule has 1 aromatic carbocycles. The molecule has 0 spiro atoms. The molecular weight excluding hydrogens is 448 g/mol. The van der Waals surface area contributed by atoms with Crippen LogP contribution in [0.25, 0.3) is 0 Å². The SMILES string of the molecule is COc1cc(O[C@@H]2O[C@H](CO[C@@H]3O[C@@H](C)[C@H](O)[C@@H](O)[C@H]3O)[C@@H](O)[C@H](O)[C@H]2O)cc(O)c1OC. The van der Waals surface area contributed by atoms with Gasteiger partial charge in [0.25, 0.3) is 0 Å². The van der Waals surface area contributed by atoms with Crippen molar-refractivity contribution in [1.82, 2.24) is 0 Å². The Kier molecular flexibility index (Phi) is 8.21. The number of benzene rings is 1. The number of aromatic hydroxyl groups is 1. The molecule has 0 unspecified atom stereocenters. The van der Waals surface area contributed by atoms with E-state index in [0.717, 1.165) is 0 Å². The maximum atomic E-state index is 10.3. The van der Waals surface area contributed by atoms with Gasteiger partial charge in [-0.25, -0.2) is 0 Å². The van der Waals surface area contributed by atoms with E-state index in [1.54, 1.807) is 0 Å². The molecule has 1 aromatic rings. The van der Waals surface area contributed by atoms with Gasteiger partial charge in [0.2, 0.25) is 12.0 Å². The van der Waals surface area contributed by atoms with Crippen molar-refractivity contribution >= 4 is 0 Å². The highest BCUT2D eigenvalue weighted by atomic mass is 16.7. The standard InChI is InChI=1S/C20H30O13/c1-7-12(22)14(24)16(26)19(31-7)30-6-11-13(23)15(25)17(27)20(33-11)32-8-4-9(21)18(29-3)10(5-8)28-2/h4-5,7,11-17,19-27H,6H2,1-3H3/t7-,11+,12-,13+,14+,15-,16+,17+,19+,20+/m0/s1. The van der Waals surface area contributed by atoms with Crippen molar-refractivity contribution in [3.05, 3.63) is 12.1 Å². The van der Waals surface area contributed by atoms with Gasteiger partial charge in [-0.15, -0.1) is 0 Å². The van der Waals surface area contributed by atoms with Crippen molar-refractivity contribution in [3.8, 4) is 23.0 Å². The van der Waals surface area contributed by atoms with Gasteiger partial charge >= 0.3 is 0 Å². The van der Waals surface area contributed by atoms with Crippen LogP contribution >= 0.6 is 0 Å². The molecular formula is C20H30O13. The van der Waals surface area contributed by atoms with Crippen LogP contribution < -0.4 is 14.2 Å². The zero-order valence-electron chi connectivity index (χ0n) is 18.2. The summed E-state index contributed by atoms with van der Waals surface area (Å²) in [5, 5.41) is 70.6. The van der Waals surface area contributed by atoms with Crippen LogP contribution in [-0.4, -0.2) is 118 Å². The minimum absolute atomic E-state index is 0.00873. The van der Waals surface area contributed by atoms with Crippen LogP contribution in [0, 0.1) is 0 Å². The first-order chi connectivity index (χ1) is 15.6. The Hall–Kier alpha value is -1.94. The van der Waals surface area contributed by atoms with Crippen LogP contribution in [0.2, 0.25) is 0 Å². The van der Waals surface area contributed by atoms with Crippen LogP contribution in [0.5, 0.6) is 23.0 Å². The number of methoxy groups -OCH3 is 2. The Morgan fingerprint density at radius 1 is 0.788 bits per heavy atom. The zero-order valence-corrected chi connectivity index (χ0v) is 18.2. The molecule has 0 radical (unpaired) electrons. The average Bonchev–Trinajstić information content (AvgIpc) is 2.79. The lowest BCUT2D eigenvalue weighted by Crippen LogP contribution is -2.61. The maximum absolute atomic E-state index is 10.3. The molecule has 0 aliphatic carbocycles. The van der Waals surface area contributed by atoms with Crippen LogP contribution in [-0.2, 0) is 14.2 Å². The second kappa shape index (κ2) is 10.5. The molecule has 13 heteroatoms. The van der Waals surface area contributed by atoms with Gasteiger partial charge in [-0.3, -0.25) is 0 Å². The second-order valence-electron chi connectivity index (χ2n) is 7.83. The van der Waals surface area contributed by atoms with E-state index >= 15 is 0 Å². The summed E-state index contributed by atoms with van der Waals surface area (Å²) in [5.74, 6) is -0.105. The normalized spacial score (nSPS) is 39.2. The summed E-state index contributed by atoms with van der Waals surface area (Å²) >= 11 is 0. The lowest BCUT2D eigenvalue weighted by molar-refractivity contribution is -0.318. The summed E-state index contributed by atoms with van der Waals surface area (Å²) in [6.07, 6.45) is -14.3. The Bertz CT molecular complexity index is 791. The van der Waals surface area contributed by atoms with Crippen molar-refractivity contribution in [2.24, 2.45) is 0 Å². The van der Waals surface area contributed by atoms with Gasteiger partial charge in [0, 0.05) is 12.1 Å². The summed E-state index contributed by atoms with van der Waals surface area (Å²) in [7, 11) is 2.68. The minimum Gasteiger partial charge on any atom is -0.504 e. The monoisotopic (exact) mass is 478 g/mol. The number of aliphatic hydroxyl groups excluding tert-OH is 6. The molecule has 3 rings (SSSR count). The van der Waals surface area contributed by atoms with E-state index in [2.05, 4.69) is 0 Å². The van der Waals surface area contributed by atoms with Crippen molar-refractivity contribution in [3.63, 3.8) is 0 Å². The van der Waals surface area contributed by atoms with Crippen LogP contribution in [0.3, 0.4) is 0 Å². The number of hydrogen-bond donors (Lipinski definition) is 7. The van der Waals surface area contributed by atoms with E-state index in [1.807, 2.05) is 0 Å². The first-order valence-electron chi connectivity index (χ1n) is 10.2. The summed E-state index contributed by atoms with van der Waals surface area (Å²) in [4.78, 5) is 0. The summed E-state index contributed by atoms with van der Waals surface area (Å²) in [6.45, 7) is 1.05. The van der Waals surface area contributed by atoms with Crippen molar-refractivity contribution in [1.29, 1.82) is 0 Å². The molecule has 7 N–H and O–H groups in total. The Labute approximate surface area is 189 Å². The highest BCUT2D eigenvalue weighted by molar-refractivity contribution is 5.55. The predicted molar refractivity (Wildman–Crippen MR) is 107 cm³/mol. The second-order valence-corrected chi connectivity index (χ2v) is 7.83. The zero-order chi connectivity index (χ0) is 24.4. The van der Waals surface area contributed by atoms with Gasteiger partial charge in [0.05, 0.1) is 26.9 Å². The van der Waals surface area contributed by atoms with Gasteiger partial charge in [-0.05, 0) is 6.92 Å². The highest BCUT2D eigenvalue weighted by Crippen LogP contribution is 2.41. The third kappa shape index (κ3) is 5.26. The van der Waals surface area contributed by atoms with E-state index in [-0.39, 0.29) is 23.0 Å². The molecule has 2 aliphatic rings. The number of phenolic OH excluding ortho intramolecular Hbond substituents is 1. The predicted octanol–water partition coefficient (Wildman–Crippen LogP) is -2.56. The molecule has 2 heterocycles. The molecule has 10 atom stereocenters. The number of phenols is 1. The van der Waals surface area contributed by atoms with Crippen molar-refractivity contribution < 1.29 is 64.2 Å². The van der Waals surface area contributed by atoms with Crippen LogP contribution in [0.1, 0.15) is 6.92 Å². The van der Waals surface area contributed by atoms with E-state index < -0.39 is 68.0 Å². The molecule has 2 saturated heterocycles. The Morgan fingerprint density at radius 3 is 2.06 bits per heavy atom. The molecule has 0 saturated carbocycles. The summed E-state index contributed by atoms with van der Waals surface area (Å²) in [6, 6.07) is 2.54. The first-order valence-corrected chi connectivity index (χ1v) is 10.2. The van der Waals surface area contributed by atoms with Gasteiger partial charge in [-0.2, -0.15) is 0 Å². The Balaban J connectivity index is 1.69. The lowest BCUT2D eigenvalue weighted by Gasteiger charge is -2.42. The van der Waals surface area contributed by atoms with E-state index in [0.29, 0.717) is 0 Å². The van der Waals surface area contributed by atoms with E-state index in [4.69, 9.17) is 28.4 Å². The number of aliphatic hydroxyl groups is 6. The molecule has 0 bridgehead atoms. The van der Waals surface area contributed by atoms with Gasteiger partial charge in [0.15, 0.2) is 17.8 Å². The third-order valence-corrected chi connectivity index (χ3v) is 5.59. The summed E-state index contributed by atoms with van der Waals surface area (Å²) < 4.78 is 32.0. The molecule has 0 aromatic heterocycles. The topological polar surface area (TPSA) is 197 Å². The minimum atomic E-state index is -1.69. The van der Waals surface area contributed by atoms with Gasteiger partial charge < -0.3 is 64.2 Å². The number of ether oxygens (including phenoxy) is 6. The molecule has 2 aliphatic heterocycles. The number of rotatable bonds is 7. The maximum Gasteiger partial charge on any atom is 0.229 e. The first kappa shape index (κ1) is 25.7. The third-order valence-electron chi connectivity index (χ3n) is 5.59. The molecule has 13 nitrogen and oxygen atoms in total. The fraction of sp³-hybridized carbons (Fsp3) is 0.700. The number of hydrogen-bond acceptors (Lipinski definition) is 13. The summed E-state index contributed by atoms with van der Waals surface area (Å²) in [5.41, 5.74) is 0. The molecule has 2 fully saturated rings. The fourth-order valence-electron chi connectivity index (χ4n) is 3.61. The largest absolute Gasteiger partial charge is 0.504 e. The molecule has 188 valence electrons. The van der Waals surface area contributed by atoms with E-state index in [1.165, 1.54) is 33.3 Å². The average molecular weight is 478 g/mol. The van der Waals surface area contributed by atoms with Crippen LogP contribution in [0.4, 0.5) is 0 Å². The lowest BCUT2D eigenvalue weighted by atomic mass is 9.98. The molecule has 33 heavy (non-hydrogen) atoms. The van der Waals surface area contributed by atoms with E-state index in [9.17, 15) is 35.7 Å². The van der Waals surface area contributed by atoms with Gasteiger partial charge in [0.1, 0.15) is 48.5 Å². The highest BCUT2D eigenvalue weighted by Gasteiger charge is 2.47. The Morgan fingerprint density at radius 2 is 1.42 bits per heavy atom. The van der Waals surface area contributed by atoms with Crippen molar-refractivity contribution in [2.45, 2.75) is 68.3 Å². The van der Waals surface area contributed by atoms with Crippen molar-refractivity contribution in [2.75, 3.05) is 20.8 Å². The molecule has 0 amide bonds. The smallest absolute Gasteiger partial charge is 0.229 e. The van der Waals surface area contributed by atoms with Gasteiger partial charge in [-0.1, -0.05) is 0 Å². The van der Waals surface area contributed by atoms with Crippen LogP contribution in [0.15, 0.2) is 12.1 Å². The fourth-order valence-corrected chi connectivity index (χ4v) is 3.61.